The fraction of sp³-hybridized carbons (Fsp3) is 0.640. The fourth-order valence-electron chi connectivity index (χ4n) is 3.40. The lowest BCUT2D eigenvalue weighted by Crippen LogP contribution is -2.55. The van der Waals surface area contributed by atoms with E-state index in [2.05, 4.69) is 10.6 Å². The molecule has 180 valence electrons. The predicted octanol–water partition coefficient (Wildman–Crippen LogP) is 4.41. The van der Waals surface area contributed by atoms with Gasteiger partial charge in [0.2, 0.25) is 11.8 Å². The molecule has 7 nitrogen and oxygen atoms in total. The average molecular weight is 448 g/mol. The Balaban J connectivity index is 3.43. The van der Waals surface area contributed by atoms with Crippen LogP contribution in [0.3, 0.4) is 0 Å². The number of amides is 3. The molecular formula is C25H41N3O4. The average Bonchev–Trinajstić information content (AvgIpc) is 2.64. The highest BCUT2D eigenvalue weighted by atomic mass is 16.6. The van der Waals surface area contributed by atoms with Crippen molar-refractivity contribution in [3.8, 4) is 0 Å². The third kappa shape index (κ3) is 7.84. The van der Waals surface area contributed by atoms with Crippen molar-refractivity contribution in [1.82, 2.24) is 15.5 Å². The number of carbonyl (C=O) groups excluding carboxylic acids is 3. The van der Waals surface area contributed by atoms with E-state index in [1.165, 1.54) is 0 Å². The molecule has 2 N–H and O–H groups in total. The summed E-state index contributed by atoms with van der Waals surface area (Å²) < 4.78 is 5.31. The molecule has 1 aromatic rings. The van der Waals surface area contributed by atoms with Gasteiger partial charge in [-0.1, -0.05) is 30.7 Å². The number of hydrogen-bond donors (Lipinski definition) is 2. The Kier molecular flexibility index (Phi) is 9.73. The largest absolute Gasteiger partial charge is 0.444 e. The zero-order chi connectivity index (χ0) is 24.8. The molecule has 0 saturated carbocycles. The van der Waals surface area contributed by atoms with Crippen LogP contribution in [0.1, 0.15) is 84.5 Å². The summed E-state index contributed by atoms with van der Waals surface area (Å²) in [4.78, 5) is 40.9. The molecule has 1 aromatic carbocycles. The molecule has 0 heterocycles. The molecule has 0 bridgehead atoms. The lowest BCUT2D eigenvalue weighted by Gasteiger charge is -2.38. The van der Waals surface area contributed by atoms with Crippen LogP contribution in [0.4, 0.5) is 4.79 Å². The third-order valence-corrected chi connectivity index (χ3v) is 5.11. The van der Waals surface area contributed by atoms with Crippen LogP contribution in [0.25, 0.3) is 0 Å². The molecule has 3 atom stereocenters. The van der Waals surface area contributed by atoms with Gasteiger partial charge in [-0.2, -0.15) is 0 Å². The van der Waals surface area contributed by atoms with Crippen molar-refractivity contribution in [2.24, 2.45) is 0 Å². The number of rotatable bonds is 8. The van der Waals surface area contributed by atoms with Gasteiger partial charge in [0.15, 0.2) is 0 Å². The fourth-order valence-corrected chi connectivity index (χ4v) is 3.40. The summed E-state index contributed by atoms with van der Waals surface area (Å²) in [6.45, 7) is 18.5. The second-order valence-electron chi connectivity index (χ2n) is 9.80. The molecule has 0 aliphatic carbocycles. The van der Waals surface area contributed by atoms with Gasteiger partial charge in [-0.05, 0) is 79.9 Å². The van der Waals surface area contributed by atoms with Gasteiger partial charge in [0.05, 0.1) is 0 Å². The third-order valence-electron chi connectivity index (χ3n) is 5.11. The molecule has 0 radical (unpaired) electrons. The smallest absolute Gasteiger partial charge is 0.408 e. The van der Waals surface area contributed by atoms with Crippen LogP contribution in [0.2, 0.25) is 0 Å². The van der Waals surface area contributed by atoms with Crippen LogP contribution >= 0.6 is 0 Å². The maximum atomic E-state index is 13.6. The van der Waals surface area contributed by atoms with Crippen molar-refractivity contribution in [3.63, 3.8) is 0 Å². The van der Waals surface area contributed by atoms with Gasteiger partial charge in [0.25, 0.3) is 0 Å². The van der Waals surface area contributed by atoms with Gasteiger partial charge >= 0.3 is 6.09 Å². The second kappa shape index (κ2) is 11.3. The van der Waals surface area contributed by atoms with E-state index in [9.17, 15) is 14.4 Å². The Labute approximate surface area is 193 Å². The first-order valence-corrected chi connectivity index (χ1v) is 11.4. The maximum Gasteiger partial charge on any atom is 0.408 e. The van der Waals surface area contributed by atoms with Gasteiger partial charge in [-0.15, -0.1) is 0 Å². The topological polar surface area (TPSA) is 87.7 Å². The molecule has 7 heteroatoms. The quantitative estimate of drug-likeness (QED) is 0.618. The Morgan fingerprint density at radius 1 is 1.03 bits per heavy atom. The Bertz CT molecular complexity index is 814. The standard InChI is InChI=1S/C25H41N3O4/c1-11-18(6)28(23(30)19(7)27-24(31)32-25(8,9)10)21(22(29)26-15(2)3)20-14-16(4)12-13-17(20)5/h12-15,18-19,21H,11H2,1-10H3,(H,26,29)(H,27,31). The summed E-state index contributed by atoms with van der Waals surface area (Å²) in [5.41, 5.74) is 2.03. The van der Waals surface area contributed by atoms with Gasteiger partial charge in [0, 0.05) is 12.1 Å². The van der Waals surface area contributed by atoms with Crippen LogP contribution in [0, 0.1) is 13.8 Å². The summed E-state index contributed by atoms with van der Waals surface area (Å²) in [6.07, 6.45) is -0.0151. The van der Waals surface area contributed by atoms with E-state index in [0.29, 0.717) is 6.42 Å². The molecule has 0 aromatic heterocycles. The van der Waals surface area contributed by atoms with Gasteiger partial charge in [-0.25, -0.2) is 4.79 Å². The SMILES string of the molecule is CCC(C)N(C(=O)C(C)NC(=O)OC(C)(C)C)C(C(=O)NC(C)C)c1cc(C)ccc1C. The molecule has 3 unspecified atom stereocenters. The van der Waals surface area contributed by atoms with Crippen LogP contribution in [0.15, 0.2) is 18.2 Å². The number of aryl methyl sites for hydroxylation is 2. The number of ether oxygens (including phenoxy) is 1. The zero-order valence-corrected chi connectivity index (χ0v) is 21.3. The van der Waals surface area contributed by atoms with Crippen LogP contribution in [-0.4, -0.2) is 46.5 Å². The van der Waals surface area contributed by atoms with Crippen molar-refractivity contribution < 1.29 is 19.1 Å². The summed E-state index contributed by atoms with van der Waals surface area (Å²) in [5, 5.41) is 5.59. The molecule has 0 saturated heterocycles. The van der Waals surface area contributed by atoms with Crippen molar-refractivity contribution >= 4 is 17.9 Å². The van der Waals surface area contributed by atoms with E-state index in [0.717, 1.165) is 16.7 Å². The molecule has 0 aliphatic heterocycles. The first-order valence-electron chi connectivity index (χ1n) is 11.4. The lowest BCUT2D eigenvalue weighted by atomic mass is 9.94. The summed E-state index contributed by atoms with van der Waals surface area (Å²) in [6, 6.07) is 3.91. The van der Waals surface area contributed by atoms with Crippen LogP contribution in [0.5, 0.6) is 0 Å². The summed E-state index contributed by atoms with van der Waals surface area (Å²) in [5.74, 6) is -0.582. The minimum Gasteiger partial charge on any atom is -0.444 e. The van der Waals surface area contributed by atoms with E-state index in [1.807, 2.05) is 59.7 Å². The highest BCUT2D eigenvalue weighted by Crippen LogP contribution is 2.29. The molecule has 3 amide bonds. The number of benzene rings is 1. The van der Waals surface area contributed by atoms with E-state index in [1.54, 1.807) is 32.6 Å². The molecule has 1 rings (SSSR count). The predicted molar refractivity (Wildman–Crippen MR) is 127 cm³/mol. The first-order chi connectivity index (χ1) is 14.7. The van der Waals surface area contributed by atoms with Gasteiger partial charge in [0.1, 0.15) is 17.7 Å². The normalized spacial score (nSPS) is 14.3. The Hall–Kier alpha value is -2.57. The highest BCUT2D eigenvalue weighted by Gasteiger charge is 2.37. The van der Waals surface area contributed by atoms with E-state index in [4.69, 9.17) is 4.74 Å². The van der Waals surface area contributed by atoms with E-state index < -0.39 is 23.8 Å². The molecule has 0 fully saturated rings. The van der Waals surface area contributed by atoms with Crippen LogP contribution < -0.4 is 10.6 Å². The van der Waals surface area contributed by atoms with Gasteiger partial charge in [-0.3, -0.25) is 9.59 Å². The summed E-state index contributed by atoms with van der Waals surface area (Å²) in [7, 11) is 0. The number of nitrogens with zero attached hydrogens (tertiary/aromatic N) is 1. The Morgan fingerprint density at radius 3 is 2.12 bits per heavy atom. The van der Waals surface area contributed by atoms with E-state index >= 15 is 0 Å². The second-order valence-corrected chi connectivity index (χ2v) is 9.80. The number of alkyl carbamates (subject to hydrolysis) is 1. The number of hydrogen-bond acceptors (Lipinski definition) is 4. The summed E-state index contributed by atoms with van der Waals surface area (Å²) >= 11 is 0. The lowest BCUT2D eigenvalue weighted by molar-refractivity contribution is -0.145. The minimum atomic E-state index is -0.863. The minimum absolute atomic E-state index is 0.0821. The van der Waals surface area contributed by atoms with Crippen molar-refractivity contribution in [1.29, 1.82) is 0 Å². The van der Waals surface area contributed by atoms with Crippen molar-refractivity contribution in [2.75, 3.05) is 0 Å². The monoisotopic (exact) mass is 447 g/mol. The van der Waals surface area contributed by atoms with Gasteiger partial charge < -0.3 is 20.3 Å². The van der Waals surface area contributed by atoms with Crippen LogP contribution in [-0.2, 0) is 14.3 Å². The molecule has 0 spiro atoms. The zero-order valence-electron chi connectivity index (χ0n) is 21.3. The Morgan fingerprint density at radius 2 is 1.62 bits per heavy atom. The van der Waals surface area contributed by atoms with E-state index in [-0.39, 0.29) is 23.9 Å². The molecule has 32 heavy (non-hydrogen) atoms. The molecular weight excluding hydrogens is 406 g/mol. The van der Waals surface area contributed by atoms with Crippen molar-refractivity contribution in [2.45, 2.75) is 105 Å². The number of nitrogens with one attached hydrogen (secondary N) is 2. The maximum absolute atomic E-state index is 13.6. The first kappa shape index (κ1) is 27.5. The number of carbonyl (C=O) groups is 3. The highest BCUT2D eigenvalue weighted by molar-refractivity contribution is 5.92. The molecule has 0 aliphatic rings. The van der Waals surface area contributed by atoms with Crippen molar-refractivity contribution in [3.05, 3.63) is 34.9 Å².